The molecule has 1 aliphatic heterocycles. The normalized spacial score (nSPS) is 12.6. The van der Waals surface area contributed by atoms with Crippen molar-refractivity contribution in [2.75, 3.05) is 25.6 Å². The van der Waals surface area contributed by atoms with Crippen molar-refractivity contribution >= 4 is 17.2 Å². The number of nitrogens with zero attached hydrogens (tertiary/aromatic N) is 2. The molecule has 3 heterocycles. The third kappa shape index (κ3) is 3.20. The number of methoxy groups -OCH3 is 1. The Bertz CT molecular complexity index is 1230. The van der Waals surface area contributed by atoms with Crippen molar-refractivity contribution in [1.29, 1.82) is 0 Å². The minimum atomic E-state index is -0.304. The molecule has 0 fully saturated rings. The summed E-state index contributed by atoms with van der Waals surface area (Å²) in [6.07, 6.45) is 1.89. The lowest BCUT2D eigenvalue weighted by Crippen LogP contribution is -2.17. The van der Waals surface area contributed by atoms with Crippen LogP contribution in [0.1, 0.15) is 10.5 Å². The van der Waals surface area contributed by atoms with Gasteiger partial charge in [0.05, 0.1) is 12.8 Å². The highest BCUT2D eigenvalue weighted by Gasteiger charge is 2.21. The third-order valence-electron chi connectivity index (χ3n) is 4.91. The molecule has 0 saturated carbocycles. The molecule has 7 heteroatoms. The monoisotopic (exact) mass is 401 g/mol. The number of rotatable bonds is 4. The van der Waals surface area contributed by atoms with Gasteiger partial charge in [0.1, 0.15) is 24.6 Å². The van der Waals surface area contributed by atoms with Crippen LogP contribution in [0.2, 0.25) is 0 Å². The number of pyridine rings is 1. The molecule has 150 valence electrons. The molecule has 2 aromatic carbocycles. The van der Waals surface area contributed by atoms with Crippen LogP contribution in [-0.2, 0) is 0 Å². The number of imidazole rings is 1. The quantitative estimate of drug-likeness (QED) is 0.559. The number of benzene rings is 2. The van der Waals surface area contributed by atoms with Crippen molar-refractivity contribution in [2.24, 2.45) is 0 Å². The van der Waals surface area contributed by atoms with E-state index in [9.17, 15) is 4.79 Å². The summed E-state index contributed by atoms with van der Waals surface area (Å²) in [5.74, 6) is 1.73. The smallest absolute Gasteiger partial charge is 0.276 e. The number of fused-ring (bicyclic) bond motifs is 2. The van der Waals surface area contributed by atoms with Gasteiger partial charge in [0, 0.05) is 23.5 Å². The summed E-state index contributed by atoms with van der Waals surface area (Å²) in [6.45, 7) is 1.00. The molecule has 1 amide bonds. The highest BCUT2D eigenvalue weighted by molar-refractivity contribution is 6.07. The van der Waals surface area contributed by atoms with Gasteiger partial charge in [-0.1, -0.05) is 6.07 Å². The molecular formula is C23H19N3O4. The van der Waals surface area contributed by atoms with E-state index in [1.165, 1.54) is 0 Å². The average Bonchev–Trinajstić information content (AvgIpc) is 3.19. The van der Waals surface area contributed by atoms with E-state index >= 15 is 0 Å². The molecule has 30 heavy (non-hydrogen) atoms. The Labute approximate surface area is 172 Å². The Kier molecular flexibility index (Phi) is 4.48. The fourth-order valence-corrected chi connectivity index (χ4v) is 3.49. The minimum Gasteiger partial charge on any atom is -0.497 e. The van der Waals surface area contributed by atoms with Crippen LogP contribution in [0.25, 0.3) is 16.9 Å². The maximum absolute atomic E-state index is 13.2. The van der Waals surface area contributed by atoms with Gasteiger partial charge in [-0.05, 0) is 48.5 Å². The van der Waals surface area contributed by atoms with E-state index in [1.807, 2.05) is 53.1 Å². The Morgan fingerprint density at radius 1 is 1.03 bits per heavy atom. The number of ether oxygens (including phenoxy) is 3. The number of carbonyl (C=O) groups is 1. The summed E-state index contributed by atoms with van der Waals surface area (Å²) in [6, 6.07) is 18.6. The highest BCUT2D eigenvalue weighted by Crippen LogP contribution is 2.33. The largest absolute Gasteiger partial charge is 0.497 e. The Morgan fingerprint density at radius 3 is 2.63 bits per heavy atom. The first-order valence-electron chi connectivity index (χ1n) is 9.55. The second-order valence-corrected chi connectivity index (χ2v) is 6.78. The van der Waals surface area contributed by atoms with E-state index in [4.69, 9.17) is 14.2 Å². The molecule has 2 aromatic heterocycles. The first-order valence-corrected chi connectivity index (χ1v) is 9.55. The fourth-order valence-electron chi connectivity index (χ4n) is 3.49. The number of anilines is 1. The fraction of sp³-hybridized carbons (Fsp3) is 0.130. The number of aromatic nitrogens is 2. The van der Waals surface area contributed by atoms with Gasteiger partial charge in [-0.3, -0.25) is 9.20 Å². The summed E-state index contributed by atoms with van der Waals surface area (Å²) < 4.78 is 18.3. The van der Waals surface area contributed by atoms with Crippen LogP contribution in [-0.4, -0.2) is 35.6 Å². The summed E-state index contributed by atoms with van der Waals surface area (Å²) in [5.41, 5.74) is 3.21. The molecular weight excluding hydrogens is 382 g/mol. The topological polar surface area (TPSA) is 74.1 Å². The van der Waals surface area contributed by atoms with E-state index in [2.05, 4.69) is 10.3 Å². The van der Waals surface area contributed by atoms with Gasteiger partial charge in [-0.25, -0.2) is 4.98 Å². The predicted molar refractivity (Wildman–Crippen MR) is 113 cm³/mol. The summed E-state index contributed by atoms with van der Waals surface area (Å²) in [7, 11) is 1.62. The number of hydrogen-bond acceptors (Lipinski definition) is 5. The molecule has 1 aliphatic rings. The summed E-state index contributed by atoms with van der Waals surface area (Å²) in [5, 5.41) is 2.93. The van der Waals surface area contributed by atoms with Crippen LogP contribution in [0.5, 0.6) is 17.2 Å². The van der Waals surface area contributed by atoms with Gasteiger partial charge < -0.3 is 19.5 Å². The van der Waals surface area contributed by atoms with E-state index in [0.717, 1.165) is 11.3 Å². The molecule has 0 radical (unpaired) electrons. The molecule has 1 N–H and O–H groups in total. The van der Waals surface area contributed by atoms with Crippen molar-refractivity contribution in [2.45, 2.75) is 0 Å². The maximum atomic E-state index is 13.2. The highest BCUT2D eigenvalue weighted by atomic mass is 16.6. The molecule has 0 atom stereocenters. The molecule has 7 nitrogen and oxygen atoms in total. The maximum Gasteiger partial charge on any atom is 0.276 e. The Hall–Kier alpha value is -4.00. The molecule has 0 saturated heterocycles. The molecule has 0 spiro atoms. The first kappa shape index (κ1) is 18.1. The van der Waals surface area contributed by atoms with Crippen molar-refractivity contribution in [3.05, 3.63) is 72.6 Å². The van der Waals surface area contributed by atoms with Crippen molar-refractivity contribution < 1.29 is 19.0 Å². The average molecular weight is 401 g/mol. The lowest BCUT2D eigenvalue weighted by molar-refractivity contribution is 0.102. The summed E-state index contributed by atoms with van der Waals surface area (Å²) in [4.78, 5) is 17.8. The van der Waals surface area contributed by atoms with Crippen LogP contribution in [0.3, 0.4) is 0 Å². The molecule has 0 bridgehead atoms. The van der Waals surface area contributed by atoms with Gasteiger partial charge in [-0.15, -0.1) is 0 Å². The first-order chi connectivity index (χ1) is 14.7. The Balaban J connectivity index is 1.54. The van der Waals surface area contributed by atoms with Crippen LogP contribution < -0.4 is 19.5 Å². The second-order valence-electron chi connectivity index (χ2n) is 6.78. The number of hydrogen-bond donors (Lipinski definition) is 1. The van der Waals surface area contributed by atoms with Crippen LogP contribution in [0.4, 0.5) is 5.69 Å². The SMILES string of the molecule is COc1ccc(-c2c(C(=O)Nc3ccc4c(c3)OCCO4)nc3ccccn23)cc1. The predicted octanol–water partition coefficient (Wildman–Crippen LogP) is 4.03. The van der Waals surface area contributed by atoms with Gasteiger partial charge in [0.25, 0.3) is 5.91 Å². The van der Waals surface area contributed by atoms with Crippen molar-refractivity contribution in [3.63, 3.8) is 0 Å². The van der Waals surface area contributed by atoms with Crippen LogP contribution in [0, 0.1) is 0 Å². The van der Waals surface area contributed by atoms with Crippen LogP contribution in [0.15, 0.2) is 66.9 Å². The zero-order valence-electron chi connectivity index (χ0n) is 16.3. The Morgan fingerprint density at radius 2 is 1.83 bits per heavy atom. The second kappa shape index (κ2) is 7.44. The molecule has 0 unspecified atom stereocenters. The lowest BCUT2D eigenvalue weighted by atomic mass is 10.1. The minimum absolute atomic E-state index is 0.304. The van der Waals surface area contributed by atoms with Gasteiger partial charge >= 0.3 is 0 Å². The van der Waals surface area contributed by atoms with E-state index in [1.54, 1.807) is 25.3 Å². The number of amides is 1. The van der Waals surface area contributed by atoms with Crippen molar-refractivity contribution in [1.82, 2.24) is 9.38 Å². The van der Waals surface area contributed by atoms with Crippen molar-refractivity contribution in [3.8, 4) is 28.5 Å². The lowest BCUT2D eigenvalue weighted by Gasteiger charge is -2.19. The van der Waals surface area contributed by atoms with E-state index in [0.29, 0.717) is 47.4 Å². The van der Waals surface area contributed by atoms with Gasteiger partial charge in [0.15, 0.2) is 17.2 Å². The number of carbonyl (C=O) groups excluding carboxylic acids is 1. The third-order valence-corrected chi connectivity index (χ3v) is 4.91. The molecule has 0 aliphatic carbocycles. The zero-order valence-corrected chi connectivity index (χ0v) is 16.3. The van der Waals surface area contributed by atoms with Crippen LogP contribution >= 0.6 is 0 Å². The van der Waals surface area contributed by atoms with Gasteiger partial charge in [0.2, 0.25) is 0 Å². The number of nitrogens with one attached hydrogen (secondary N) is 1. The van der Waals surface area contributed by atoms with E-state index in [-0.39, 0.29) is 5.91 Å². The standard InChI is InChI=1S/C23H19N3O4/c1-28-17-8-5-15(6-9-17)22-21(25-20-4-2-3-11-26(20)22)23(27)24-16-7-10-18-19(14-16)30-13-12-29-18/h2-11,14H,12-13H2,1H3,(H,24,27). The van der Waals surface area contributed by atoms with E-state index < -0.39 is 0 Å². The molecule has 5 rings (SSSR count). The molecule has 4 aromatic rings. The summed E-state index contributed by atoms with van der Waals surface area (Å²) >= 11 is 0. The van der Waals surface area contributed by atoms with Gasteiger partial charge in [-0.2, -0.15) is 0 Å². The zero-order chi connectivity index (χ0) is 20.5.